The first-order valence-corrected chi connectivity index (χ1v) is 24.0. The monoisotopic (exact) mass is 988 g/mol. The van der Waals surface area contributed by atoms with Gasteiger partial charge in [0.15, 0.2) is 5.82 Å². The highest BCUT2D eigenvalue weighted by atomic mass is 16.5. The Balaban J connectivity index is 1.37. The second-order valence-corrected chi connectivity index (χ2v) is 17.7. The smallest absolute Gasteiger partial charge is 0.312 e. The largest absolute Gasteiger partial charge is 0.492 e. The molecule has 1 saturated carbocycles. The van der Waals surface area contributed by atoms with Crippen LogP contribution in [0.1, 0.15) is 84.4 Å². The third kappa shape index (κ3) is 13.7. The molecule has 1 aromatic heterocycles. The lowest BCUT2D eigenvalue weighted by Gasteiger charge is -2.33. The molecular weight excluding hydrogens is 925 g/mol. The zero-order valence-electron chi connectivity index (χ0n) is 41.0. The first kappa shape index (κ1) is 53.5. The summed E-state index contributed by atoms with van der Waals surface area (Å²) in [6.07, 6.45) is 5.54. The van der Waals surface area contributed by atoms with Crippen molar-refractivity contribution in [3.05, 3.63) is 88.7 Å². The maximum atomic E-state index is 15.0. The van der Waals surface area contributed by atoms with Crippen molar-refractivity contribution in [2.24, 2.45) is 17.2 Å². The molecule has 11 N–H and O–H groups in total. The molecule has 0 spiro atoms. The molecule has 1 aliphatic heterocycles. The van der Waals surface area contributed by atoms with Gasteiger partial charge >= 0.3 is 6.03 Å². The number of nitrogens with two attached hydrogens (primary N) is 3. The highest BCUT2D eigenvalue weighted by Gasteiger charge is 2.37. The summed E-state index contributed by atoms with van der Waals surface area (Å²) in [4.78, 5) is 93.6. The number of hydrogen-bond donors (Lipinski definition) is 8. The molecule has 21 heteroatoms. The number of aryl methyl sites for hydroxylation is 2. The van der Waals surface area contributed by atoms with E-state index in [0.717, 1.165) is 36.3 Å². The molecule has 7 amide bonds. The number of primary amides is 1. The van der Waals surface area contributed by atoms with E-state index in [2.05, 4.69) is 36.6 Å². The van der Waals surface area contributed by atoms with Gasteiger partial charge in [-0.1, -0.05) is 18.6 Å². The predicted molar refractivity (Wildman–Crippen MR) is 266 cm³/mol. The molecule has 2 heterocycles. The standard InChI is InChI=1S/C51H64N12O9/c1-29-43(30(2)59-45(58-29)33-11-14-36(15-12-33)72-35-8-6-5-7-9-35)48(66)61-39(18-22-57-51(55)69)50(68)63(4)44-34-13-17-42(71-25-21-54)38(28-34)37-26-32(10-16-41(37)70-24-20-53)27-40(47(65)56-23-19-52)62-46(64)31(3)60-49(44)67/h10-17,26,28,31,35,39-40,44H,5-9,18,20-25,27,53-54H2,1-4H3,(H,56,65)(H,60,67)(H,61,66)(H,62,64)(H3,55,57,69)/t31-,39-,40-,44-/m0/s1. The Bertz CT molecular complexity index is 2630. The van der Waals surface area contributed by atoms with Gasteiger partial charge in [-0.25, -0.2) is 14.8 Å². The number of likely N-dealkylation sites (N-methyl/N-ethyl adjacent to an activating group) is 1. The number of ether oxygens (including phenoxy) is 3. The summed E-state index contributed by atoms with van der Waals surface area (Å²) >= 11 is 0. The Morgan fingerprint density at radius 3 is 2.12 bits per heavy atom. The van der Waals surface area contributed by atoms with Gasteiger partial charge in [0.2, 0.25) is 23.6 Å². The number of fused-ring (bicyclic) bond motifs is 5. The van der Waals surface area contributed by atoms with Gasteiger partial charge in [-0.15, -0.1) is 0 Å². The Labute approximate surface area is 418 Å². The van der Waals surface area contributed by atoms with Crippen LogP contribution in [0.15, 0.2) is 60.7 Å². The van der Waals surface area contributed by atoms with Crippen molar-refractivity contribution < 1.29 is 43.0 Å². The second-order valence-electron chi connectivity index (χ2n) is 17.7. The number of nitrogens with one attached hydrogen (secondary N) is 5. The Morgan fingerprint density at radius 2 is 1.50 bits per heavy atom. The normalized spacial score (nSPS) is 17.4. The van der Waals surface area contributed by atoms with Crippen molar-refractivity contribution >= 4 is 35.6 Å². The molecule has 72 heavy (non-hydrogen) atoms. The van der Waals surface area contributed by atoms with Crippen LogP contribution in [-0.2, 0) is 25.6 Å². The van der Waals surface area contributed by atoms with E-state index in [9.17, 15) is 34.0 Å². The first-order chi connectivity index (χ1) is 34.6. The minimum Gasteiger partial charge on any atom is -0.492 e. The van der Waals surface area contributed by atoms with Crippen LogP contribution in [0, 0.1) is 25.2 Å². The average Bonchev–Trinajstić information content (AvgIpc) is 3.36. The van der Waals surface area contributed by atoms with E-state index in [1.165, 1.54) is 20.4 Å². The van der Waals surface area contributed by atoms with Gasteiger partial charge in [0.05, 0.1) is 29.1 Å². The summed E-state index contributed by atoms with van der Waals surface area (Å²) in [5.41, 5.74) is 20.3. The number of carbonyl (C=O) groups excluding carboxylic acids is 6. The number of rotatable bonds is 18. The number of hydrogen-bond acceptors (Lipinski definition) is 14. The van der Waals surface area contributed by atoms with Gasteiger partial charge in [-0.3, -0.25) is 24.0 Å². The molecule has 4 bridgehead atoms. The summed E-state index contributed by atoms with van der Waals surface area (Å²) in [6.45, 7) is 4.82. The van der Waals surface area contributed by atoms with Crippen LogP contribution >= 0.6 is 0 Å². The number of urea groups is 1. The van der Waals surface area contributed by atoms with E-state index in [1.807, 2.05) is 30.3 Å². The predicted octanol–water partition coefficient (Wildman–Crippen LogP) is 2.36. The van der Waals surface area contributed by atoms with E-state index in [4.69, 9.17) is 31.4 Å². The highest BCUT2D eigenvalue weighted by Crippen LogP contribution is 2.40. The fraction of sp³-hybridized carbons (Fsp3) is 0.431. The van der Waals surface area contributed by atoms with E-state index >= 15 is 0 Å². The molecular formula is C51H64N12O9. The SMILES string of the molecule is Cc1nc(-c2ccc(OC3CCCCC3)cc2)nc(C)c1C(=O)N[C@@H](CCNC(N)=O)C(=O)N(C)[C@@H]1C(=O)N[C@@H](C)C(=O)N[C@H](C(=O)NCC#N)Cc2ccc(OCCN)c(c2)-c2cc1ccc2OCCN. The van der Waals surface area contributed by atoms with E-state index in [1.54, 1.807) is 50.2 Å². The molecule has 3 aromatic carbocycles. The van der Waals surface area contributed by atoms with Crippen molar-refractivity contribution in [1.29, 1.82) is 5.26 Å². The van der Waals surface area contributed by atoms with Crippen LogP contribution in [0.4, 0.5) is 4.79 Å². The summed E-state index contributed by atoms with van der Waals surface area (Å²) in [5.74, 6) is -1.80. The fourth-order valence-electron chi connectivity index (χ4n) is 8.77. The van der Waals surface area contributed by atoms with Gasteiger partial charge in [0.1, 0.15) is 61.2 Å². The Kier molecular flexibility index (Phi) is 18.8. The van der Waals surface area contributed by atoms with E-state index in [-0.39, 0.29) is 69.5 Å². The zero-order chi connectivity index (χ0) is 51.9. The van der Waals surface area contributed by atoms with Crippen molar-refractivity contribution in [3.8, 4) is 45.8 Å². The van der Waals surface area contributed by atoms with Crippen LogP contribution in [0.25, 0.3) is 22.5 Å². The molecule has 6 rings (SSSR count). The van der Waals surface area contributed by atoms with Crippen molar-refractivity contribution in [2.75, 3.05) is 46.4 Å². The van der Waals surface area contributed by atoms with Gasteiger partial charge in [-0.05, 0) is 113 Å². The number of aromatic nitrogens is 2. The number of nitriles is 1. The van der Waals surface area contributed by atoms with Crippen LogP contribution in [0.2, 0.25) is 0 Å². The molecule has 21 nitrogen and oxygen atoms in total. The highest BCUT2D eigenvalue weighted by molar-refractivity contribution is 6.00. The molecule has 0 saturated heterocycles. The zero-order valence-corrected chi connectivity index (χ0v) is 41.0. The van der Waals surface area contributed by atoms with E-state index < -0.39 is 59.7 Å². The van der Waals surface area contributed by atoms with Crippen LogP contribution < -0.4 is 58.0 Å². The third-order valence-corrected chi connectivity index (χ3v) is 12.4. The van der Waals surface area contributed by atoms with Crippen molar-refractivity contribution in [3.63, 3.8) is 0 Å². The summed E-state index contributed by atoms with van der Waals surface area (Å²) in [7, 11) is 1.37. The van der Waals surface area contributed by atoms with Gasteiger partial charge in [-0.2, -0.15) is 5.26 Å². The van der Waals surface area contributed by atoms with Gasteiger partial charge in [0.25, 0.3) is 5.91 Å². The number of nitrogens with zero attached hydrogens (tertiary/aromatic N) is 4. The molecule has 0 radical (unpaired) electrons. The topological polar surface area (TPSA) is 321 Å². The summed E-state index contributed by atoms with van der Waals surface area (Å²) < 4.78 is 18.4. The quantitative estimate of drug-likeness (QED) is 0.0664. The van der Waals surface area contributed by atoms with Crippen molar-refractivity contribution in [2.45, 2.75) is 96.0 Å². The van der Waals surface area contributed by atoms with Crippen LogP contribution in [0.3, 0.4) is 0 Å². The Hall–Kier alpha value is -7.83. The van der Waals surface area contributed by atoms with Crippen LogP contribution in [-0.4, -0.2) is 121 Å². The molecule has 382 valence electrons. The molecule has 4 aromatic rings. The first-order valence-electron chi connectivity index (χ1n) is 24.0. The lowest BCUT2D eigenvalue weighted by molar-refractivity contribution is -0.141. The summed E-state index contributed by atoms with van der Waals surface area (Å²) in [6, 6.07) is 13.1. The van der Waals surface area contributed by atoms with E-state index in [0.29, 0.717) is 51.0 Å². The minimum absolute atomic E-state index is 0.0244. The van der Waals surface area contributed by atoms with Crippen molar-refractivity contribution in [1.82, 2.24) is 41.5 Å². The molecule has 1 fully saturated rings. The summed E-state index contributed by atoms with van der Waals surface area (Å²) in [5, 5.41) is 22.3. The molecule has 2 aliphatic rings. The fourth-order valence-corrected chi connectivity index (χ4v) is 8.77. The minimum atomic E-state index is -1.49. The maximum Gasteiger partial charge on any atom is 0.312 e. The lowest BCUT2D eigenvalue weighted by Crippen LogP contribution is -2.56. The third-order valence-electron chi connectivity index (χ3n) is 12.4. The second kappa shape index (κ2) is 25.3. The molecule has 4 atom stereocenters. The Morgan fingerprint density at radius 1 is 0.861 bits per heavy atom. The van der Waals surface area contributed by atoms with Gasteiger partial charge in [0, 0.05) is 49.8 Å². The lowest BCUT2D eigenvalue weighted by atomic mass is 9.93. The number of carbonyl (C=O) groups is 6. The maximum absolute atomic E-state index is 15.0. The number of amides is 7. The molecule has 0 unspecified atom stereocenters. The van der Waals surface area contributed by atoms with Crippen LogP contribution in [0.5, 0.6) is 17.2 Å². The number of benzene rings is 3. The van der Waals surface area contributed by atoms with Gasteiger partial charge < -0.3 is 62.9 Å². The average molecular weight is 989 g/mol. The molecule has 1 aliphatic carbocycles.